The van der Waals surface area contributed by atoms with E-state index >= 15 is 0 Å². The number of halogens is 1. The molecule has 8 heteroatoms. The van der Waals surface area contributed by atoms with E-state index in [0.29, 0.717) is 32.5 Å². The van der Waals surface area contributed by atoms with Crippen LogP contribution in [0.2, 0.25) is 5.02 Å². The van der Waals surface area contributed by atoms with Crippen LogP contribution in [0, 0.1) is 25.2 Å². The van der Waals surface area contributed by atoms with Gasteiger partial charge in [0.1, 0.15) is 0 Å². The lowest BCUT2D eigenvalue weighted by Crippen LogP contribution is -2.29. The second-order valence-electron chi connectivity index (χ2n) is 7.62. The summed E-state index contributed by atoms with van der Waals surface area (Å²) in [4.78, 5) is 25.2. The lowest BCUT2D eigenvalue weighted by atomic mass is 9.82. The number of dihydropyridines is 1. The molecule has 3 rings (SSSR count). The van der Waals surface area contributed by atoms with E-state index in [1.807, 2.05) is 32.0 Å². The smallest absolute Gasteiger partial charge is 0.336 e. The minimum Gasteiger partial charge on any atom is -0.466 e. The van der Waals surface area contributed by atoms with Crippen LogP contribution < -0.4 is 10.6 Å². The van der Waals surface area contributed by atoms with Crippen molar-refractivity contribution in [2.45, 2.75) is 26.7 Å². The van der Waals surface area contributed by atoms with Gasteiger partial charge in [0.25, 0.3) is 0 Å². The largest absolute Gasteiger partial charge is 0.466 e. The first-order valence-electron chi connectivity index (χ1n) is 10.2. The number of nitriles is 1. The molecule has 0 fully saturated rings. The molecule has 0 bridgehead atoms. The summed E-state index contributed by atoms with van der Waals surface area (Å²) in [7, 11) is 1.30. The molecule has 170 valence electrons. The first-order valence-corrected chi connectivity index (χ1v) is 11.6. The molecule has 1 aliphatic rings. The van der Waals surface area contributed by atoms with Gasteiger partial charge >= 0.3 is 5.97 Å². The number of hydrogen-bond acceptors (Lipinski definition) is 6. The zero-order chi connectivity index (χ0) is 24.1. The molecule has 0 aromatic heterocycles. The van der Waals surface area contributed by atoms with Gasteiger partial charge in [0.2, 0.25) is 5.91 Å². The van der Waals surface area contributed by atoms with Gasteiger partial charge in [-0.3, -0.25) is 4.79 Å². The van der Waals surface area contributed by atoms with Crippen molar-refractivity contribution in [3.8, 4) is 6.07 Å². The van der Waals surface area contributed by atoms with Crippen molar-refractivity contribution in [3.63, 3.8) is 0 Å². The predicted molar refractivity (Wildman–Crippen MR) is 132 cm³/mol. The molecule has 0 saturated carbocycles. The van der Waals surface area contributed by atoms with E-state index in [1.165, 1.54) is 18.9 Å². The Kier molecular flexibility index (Phi) is 7.85. The fraction of sp³-hybridized carbons (Fsp3) is 0.240. The third-order valence-electron chi connectivity index (χ3n) is 5.27. The topological polar surface area (TPSA) is 91.2 Å². The second kappa shape index (κ2) is 10.6. The van der Waals surface area contributed by atoms with E-state index < -0.39 is 11.9 Å². The standard InChI is InChI=1S/C25H24ClN3O3S/c1-14-9-10-20(15(2)11-14)29-21(30)13-33-24-18(12-27)23(17-7-5-6-8-19(17)26)22(16(3)28-24)25(31)32-4/h5-11,23,28H,13H2,1-4H3,(H,29,30)/t23-/m1/s1. The van der Waals surface area contributed by atoms with Gasteiger partial charge in [0, 0.05) is 16.4 Å². The Hall–Kier alpha value is -3.21. The lowest BCUT2D eigenvalue weighted by molar-refractivity contribution is -0.136. The highest BCUT2D eigenvalue weighted by Crippen LogP contribution is 2.43. The van der Waals surface area contributed by atoms with Crippen molar-refractivity contribution in [2.24, 2.45) is 0 Å². The minimum absolute atomic E-state index is 0.0803. The first kappa shape index (κ1) is 24.4. The lowest BCUT2D eigenvalue weighted by Gasteiger charge is -2.29. The summed E-state index contributed by atoms with van der Waals surface area (Å²) in [6, 6.07) is 15.1. The molecule has 0 saturated heterocycles. The number of thioether (sulfide) groups is 1. The van der Waals surface area contributed by atoms with Gasteiger partial charge in [-0.15, -0.1) is 0 Å². The number of hydrogen-bond donors (Lipinski definition) is 2. The Labute approximate surface area is 202 Å². The van der Waals surface area contributed by atoms with Crippen LogP contribution in [0.25, 0.3) is 0 Å². The third kappa shape index (κ3) is 5.41. The molecular weight excluding hydrogens is 458 g/mol. The number of carbonyl (C=O) groups is 2. The molecule has 2 N–H and O–H groups in total. The number of allylic oxidation sites excluding steroid dienone is 2. The fourth-order valence-corrected chi connectivity index (χ4v) is 4.84. The van der Waals surface area contributed by atoms with Crippen molar-refractivity contribution in [3.05, 3.63) is 86.0 Å². The molecule has 0 unspecified atom stereocenters. The monoisotopic (exact) mass is 481 g/mol. The van der Waals surface area contributed by atoms with Crippen LogP contribution >= 0.6 is 23.4 Å². The summed E-state index contributed by atoms with van der Waals surface area (Å²) in [5, 5.41) is 17.0. The maximum atomic E-state index is 12.6. The summed E-state index contributed by atoms with van der Waals surface area (Å²) in [5.41, 5.74) is 4.61. The number of aryl methyl sites for hydroxylation is 2. The molecular formula is C25H24ClN3O3S. The van der Waals surface area contributed by atoms with Gasteiger partial charge in [0.15, 0.2) is 0 Å². The average molecular weight is 482 g/mol. The molecule has 0 spiro atoms. The van der Waals surface area contributed by atoms with Gasteiger partial charge in [-0.2, -0.15) is 5.26 Å². The van der Waals surface area contributed by atoms with Crippen molar-refractivity contribution in [1.82, 2.24) is 5.32 Å². The third-order valence-corrected chi connectivity index (χ3v) is 6.63. The van der Waals surface area contributed by atoms with Crippen LogP contribution in [0.1, 0.15) is 29.5 Å². The highest BCUT2D eigenvalue weighted by Gasteiger charge is 2.36. The van der Waals surface area contributed by atoms with Crippen LogP contribution in [-0.4, -0.2) is 24.7 Å². The zero-order valence-corrected chi connectivity index (χ0v) is 20.4. The maximum Gasteiger partial charge on any atom is 0.336 e. The molecule has 1 heterocycles. The number of anilines is 1. The number of amides is 1. The minimum atomic E-state index is -0.706. The Bertz CT molecular complexity index is 1210. The van der Waals surface area contributed by atoms with E-state index in [4.69, 9.17) is 16.3 Å². The van der Waals surface area contributed by atoms with E-state index in [-0.39, 0.29) is 11.7 Å². The van der Waals surface area contributed by atoms with Crippen LogP contribution in [0.5, 0.6) is 0 Å². The Morgan fingerprint density at radius 1 is 1.21 bits per heavy atom. The molecule has 0 aliphatic carbocycles. The average Bonchev–Trinajstić information content (AvgIpc) is 2.79. The number of ether oxygens (including phenoxy) is 1. The number of rotatable bonds is 6. The molecule has 2 aromatic carbocycles. The Balaban J connectivity index is 1.90. The summed E-state index contributed by atoms with van der Waals surface area (Å²) in [6.07, 6.45) is 0. The predicted octanol–water partition coefficient (Wildman–Crippen LogP) is 5.20. The van der Waals surface area contributed by atoms with E-state index in [1.54, 1.807) is 31.2 Å². The van der Waals surface area contributed by atoms with Crippen LogP contribution in [0.3, 0.4) is 0 Å². The SMILES string of the molecule is COC(=O)C1=C(C)NC(SCC(=O)Nc2ccc(C)cc2C)=C(C#N)[C@H]1c1ccccc1Cl. The number of carbonyl (C=O) groups excluding carboxylic acids is 2. The number of nitrogens with one attached hydrogen (secondary N) is 2. The van der Waals surface area contributed by atoms with E-state index in [0.717, 1.165) is 16.8 Å². The molecule has 1 amide bonds. The van der Waals surface area contributed by atoms with Gasteiger partial charge in [-0.1, -0.05) is 59.3 Å². The van der Waals surface area contributed by atoms with Crippen LogP contribution in [0.15, 0.2) is 64.3 Å². The number of benzene rings is 2. The summed E-state index contributed by atoms with van der Waals surface area (Å²) >= 11 is 7.63. The number of methoxy groups -OCH3 is 1. The fourth-order valence-electron chi connectivity index (χ4n) is 3.71. The van der Waals surface area contributed by atoms with E-state index in [2.05, 4.69) is 16.7 Å². The molecule has 33 heavy (non-hydrogen) atoms. The van der Waals surface area contributed by atoms with Crippen molar-refractivity contribution in [2.75, 3.05) is 18.2 Å². The van der Waals surface area contributed by atoms with Gasteiger partial charge in [0.05, 0.1) is 41.0 Å². The molecule has 6 nitrogen and oxygen atoms in total. The van der Waals surface area contributed by atoms with Crippen molar-refractivity contribution >= 4 is 40.9 Å². The number of esters is 1. The van der Waals surface area contributed by atoms with Gasteiger partial charge in [-0.25, -0.2) is 4.79 Å². The first-order chi connectivity index (χ1) is 15.8. The molecule has 2 aromatic rings. The van der Waals surface area contributed by atoms with E-state index in [9.17, 15) is 14.9 Å². The maximum absolute atomic E-state index is 12.6. The molecule has 1 atom stereocenters. The highest BCUT2D eigenvalue weighted by atomic mass is 35.5. The quantitative estimate of drug-likeness (QED) is 0.551. The number of nitrogens with zero attached hydrogens (tertiary/aromatic N) is 1. The van der Waals surface area contributed by atoms with Gasteiger partial charge in [-0.05, 0) is 44.0 Å². The molecule has 0 radical (unpaired) electrons. The van der Waals surface area contributed by atoms with Crippen molar-refractivity contribution < 1.29 is 14.3 Å². The normalized spacial score (nSPS) is 15.6. The van der Waals surface area contributed by atoms with Gasteiger partial charge < -0.3 is 15.4 Å². The van der Waals surface area contributed by atoms with Crippen LogP contribution in [0.4, 0.5) is 5.69 Å². The summed E-state index contributed by atoms with van der Waals surface area (Å²) in [5.74, 6) is -1.37. The van der Waals surface area contributed by atoms with Crippen molar-refractivity contribution in [1.29, 1.82) is 5.26 Å². The van der Waals surface area contributed by atoms with Crippen LogP contribution in [-0.2, 0) is 14.3 Å². The second-order valence-corrected chi connectivity index (χ2v) is 9.01. The Morgan fingerprint density at radius 2 is 1.94 bits per heavy atom. The summed E-state index contributed by atoms with van der Waals surface area (Å²) in [6.45, 7) is 5.67. The zero-order valence-electron chi connectivity index (χ0n) is 18.8. The Morgan fingerprint density at radius 3 is 2.58 bits per heavy atom. The molecule has 1 aliphatic heterocycles. The summed E-state index contributed by atoms with van der Waals surface area (Å²) < 4.78 is 4.98. The highest BCUT2D eigenvalue weighted by molar-refractivity contribution is 8.03.